The average molecular weight is 326 g/mol. The number of aromatic nitrogens is 2. The van der Waals surface area contributed by atoms with E-state index in [4.69, 9.17) is 0 Å². The van der Waals surface area contributed by atoms with Crippen molar-refractivity contribution < 1.29 is 4.79 Å². The molecule has 0 aliphatic carbocycles. The predicted octanol–water partition coefficient (Wildman–Crippen LogP) is 2.59. The molecule has 0 spiro atoms. The fourth-order valence-electron chi connectivity index (χ4n) is 3.30. The summed E-state index contributed by atoms with van der Waals surface area (Å²) in [7, 11) is 4.19. The number of aryl methyl sites for hydroxylation is 1. The molecule has 1 aliphatic rings. The first kappa shape index (κ1) is 16.7. The minimum atomic E-state index is 0.145. The van der Waals surface area contributed by atoms with Crippen LogP contribution in [-0.4, -0.2) is 59.0 Å². The molecule has 1 amide bonds. The number of imidazole rings is 1. The lowest BCUT2D eigenvalue weighted by molar-refractivity contribution is 0.00804. The molecule has 5 heteroatoms. The monoisotopic (exact) mass is 326 g/mol. The Morgan fingerprint density at radius 3 is 2.67 bits per heavy atom. The minimum absolute atomic E-state index is 0.145. The maximum atomic E-state index is 12.8. The number of carbonyl (C=O) groups is 1. The van der Waals surface area contributed by atoms with Gasteiger partial charge in [0.25, 0.3) is 5.91 Å². The molecule has 0 unspecified atom stereocenters. The van der Waals surface area contributed by atoms with Crippen molar-refractivity contribution in [3.63, 3.8) is 0 Å². The number of hydrogen-bond acceptors (Lipinski definition) is 3. The Kier molecular flexibility index (Phi) is 4.45. The molecule has 1 aromatic heterocycles. The van der Waals surface area contributed by atoms with Crippen LogP contribution in [0.4, 0.5) is 0 Å². The van der Waals surface area contributed by atoms with E-state index < -0.39 is 0 Å². The van der Waals surface area contributed by atoms with Crippen molar-refractivity contribution in [3.05, 3.63) is 48.0 Å². The Labute approximate surface area is 143 Å². The number of carbonyl (C=O) groups excluding carboxylic acids is 1. The SMILES string of the molecule is Cc1cc(-n2ccnc2)ccc1C(=O)N1CC(C)(CCN(C)C)C1. The van der Waals surface area contributed by atoms with E-state index in [0.717, 1.165) is 42.9 Å². The third kappa shape index (κ3) is 3.36. The lowest BCUT2D eigenvalue weighted by Gasteiger charge is -2.48. The van der Waals surface area contributed by atoms with Crippen molar-refractivity contribution in [2.24, 2.45) is 5.41 Å². The lowest BCUT2D eigenvalue weighted by Crippen LogP contribution is -2.57. The number of amides is 1. The minimum Gasteiger partial charge on any atom is -0.337 e. The number of likely N-dealkylation sites (tertiary alicyclic amines) is 1. The summed E-state index contributed by atoms with van der Waals surface area (Å²) in [5.41, 5.74) is 3.09. The van der Waals surface area contributed by atoms with Gasteiger partial charge in [-0.15, -0.1) is 0 Å². The van der Waals surface area contributed by atoms with Crippen LogP contribution in [0.2, 0.25) is 0 Å². The molecule has 1 saturated heterocycles. The largest absolute Gasteiger partial charge is 0.337 e. The van der Waals surface area contributed by atoms with E-state index >= 15 is 0 Å². The molecule has 0 radical (unpaired) electrons. The molecule has 0 atom stereocenters. The number of rotatable bonds is 5. The second kappa shape index (κ2) is 6.40. The maximum Gasteiger partial charge on any atom is 0.254 e. The molecule has 1 aromatic carbocycles. The number of hydrogen-bond donors (Lipinski definition) is 0. The van der Waals surface area contributed by atoms with E-state index in [1.165, 1.54) is 0 Å². The Hall–Kier alpha value is -2.14. The molecule has 1 fully saturated rings. The molecule has 3 rings (SSSR count). The third-order valence-electron chi connectivity index (χ3n) is 4.84. The molecular weight excluding hydrogens is 300 g/mol. The Morgan fingerprint density at radius 1 is 1.33 bits per heavy atom. The van der Waals surface area contributed by atoms with Gasteiger partial charge in [0.1, 0.15) is 0 Å². The fraction of sp³-hybridized carbons (Fsp3) is 0.474. The second-order valence-corrected chi connectivity index (χ2v) is 7.49. The first-order chi connectivity index (χ1) is 11.4. The van der Waals surface area contributed by atoms with Crippen LogP contribution in [0.3, 0.4) is 0 Å². The van der Waals surface area contributed by atoms with Gasteiger partial charge in [-0.05, 0) is 57.7 Å². The molecule has 0 bridgehead atoms. The summed E-state index contributed by atoms with van der Waals surface area (Å²) in [5.74, 6) is 0.145. The van der Waals surface area contributed by atoms with Crippen molar-refractivity contribution in [2.75, 3.05) is 33.7 Å². The first-order valence-electron chi connectivity index (χ1n) is 8.41. The summed E-state index contributed by atoms with van der Waals surface area (Å²) in [6.45, 7) is 7.04. The van der Waals surface area contributed by atoms with Crippen LogP contribution in [0.5, 0.6) is 0 Å². The van der Waals surface area contributed by atoms with E-state index in [1.807, 2.05) is 40.8 Å². The van der Waals surface area contributed by atoms with E-state index in [2.05, 4.69) is 30.9 Å². The molecule has 2 heterocycles. The summed E-state index contributed by atoms with van der Waals surface area (Å²) in [6.07, 6.45) is 6.55. The third-order valence-corrected chi connectivity index (χ3v) is 4.84. The Bertz CT molecular complexity index is 715. The highest BCUT2D eigenvalue weighted by Crippen LogP contribution is 2.34. The highest BCUT2D eigenvalue weighted by atomic mass is 16.2. The van der Waals surface area contributed by atoms with Crippen molar-refractivity contribution >= 4 is 5.91 Å². The molecule has 128 valence electrons. The number of nitrogens with zero attached hydrogens (tertiary/aromatic N) is 4. The highest BCUT2D eigenvalue weighted by molar-refractivity contribution is 5.96. The zero-order chi connectivity index (χ0) is 17.3. The van der Waals surface area contributed by atoms with Gasteiger partial charge in [0.2, 0.25) is 0 Å². The first-order valence-corrected chi connectivity index (χ1v) is 8.41. The molecule has 2 aromatic rings. The van der Waals surface area contributed by atoms with Gasteiger partial charge in [0, 0.05) is 42.1 Å². The molecule has 5 nitrogen and oxygen atoms in total. The van der Waals surface area contributed by atoms with Crippen molar-refractivity contribution in [1.82, 2.24) is 19.4 Å². The quantitative estimate of drug-likeness (QED) is 0.848. The van der Waals surface area contributed by atoms with E-state index in [9.17, 15) is 4.79 Å². The summed E-state index contributed by atoms with van der Waals surface area (Å²) in [6, 6.07) is 5.95. The summed E-state index contributed by atoms with van der Waals surface area (Å²) in [5, 5.41) is 0. The molecule has 24 heavy (non-hydrogen) atoms. The fourth-order valence-corrected chi connectivity index (χ4v) is 3.30. The van der Waals surface area contributed by atoms with Crippen LogP contribution in [0.1, 0.15) is 29.3 Å². The molecule has 0 saturated carbocycles. The summed E-state index contributed by atoms with van der Waals surface area (Å²) in [4.78, 5) is 21.0. The van der Waals surface area contributed by atoms with E-state index in [0.29, 0.717) is 0 Å². The Morgan fingerprint density at radius 2 is 2.08 bits per heavy atom. The van der Waals surface area contributed by atoms with E-state index in [-0.39, 0.29) is 11.3 Å². The molecule has 0 N–H and O–H groups in total. The topological polar surface area (TPSA) is 41.4 Å². The van der Waals surface area contributed by atoms with Crippen LogP contribution in [0.25, 0.3) is 5.69 Å². The normalized spacial score (nSPS) is 16.3. The second-order valence-electron chi connectivity index (χ2n) is 7.49. The predicted molar refractivity (Wildman–Crippen MR) is 95.5 cm³/mol. The Balaban J connectivity index is 1.66. The summed E-state index contributed by atoms with van der Waals surface area (Å²) >= 11 is 0. The standard InChI is InChI=1S/C19H26N4O/c1-15-11-16(22-10-8-20-14-22)5-6-17(15)18(24)23-12-19(2,13-23)7-9-21(3)4/h5-6,8,10-11,14H,7,9,12-13H2,1-4H3. The van der Waals surface area contributed by atoms with Crippen LogP contribution in [-0.2, 0) is 0 Å². The van der Waals surface area contributed by atoms with Gasteiger partial charge in [-0.2, -0.15) is 0 Å². The smallest absolute Gasteiger partial charge is 0.254 e. The highest BCUT2D eigenvalue weighted by Gasteiger charge is 2.41. The van der Waals surface area contributed by atoms with Gasteiger partial charge < -0.3 is 14.4 Å². The van der Waals surface area contributed by atoms with Crippen molar-refractivity contribution in [3.8, 4) is 5.69 Å². The van der Waals surface area contributed by atoms with Crippen LogP contribution in [0.15, 0.2) is 36.9 Å². The zero-order valence-corrected chi connectivity index (χ0v) is 15.0. The van der Waals surface area contributed by atoms with Crippen LogP contribution < -0.4 is 0 Å². The van der Waals surface area contributed by atoms with Gasteiger partial charge in [-0.3, -0.25) is 4.79 Å². The molecule has 1 aliphatic heterocycles. The number of benzene rings is 1. The van der Waals surface area contributed by atoms with E-state index in [1.54, 1.807) is 12.5 Å². The maximum absolute atomic E-state index is 12.8. The van der Waals surface area contributed by atoms with Gasteiger partial charge in [0.05, 0.1) is 6.33 Å². The van der Waals surface area contributed by atoms with Crippen molar-refractivity contribution in [1.29, 1.82) is 0 Å². The van der Waals surface area contributed by atoms with Crippen molar-refractivity contribution in [2.45, 2.75) is 20.3 Å². The van der Waals surface area contributed by atoms with Gasteiger partial charge in [-0.1, -0.05) is 6.92 Å². The lowest BCUT2D eigenvalue weighted by atomic mass is 9.78. The van der Waals surface area contributed by atoms with Gasteiger partial charge in [0.15, 0.2) is 0 Å². The van der Waals surface area contributed by atoms with Gasteiger partial charge in [-0.25, -0.2) is 4.98 Å². The molecular formula is C19H26N4O. The average Bonchev–Trinajstić information content (AvgIpc) is 3.04. The van der Waals surface area contributed by atoms with Crippen LogP contribution >= 0.6 is 0 Å². The van der Waals surface area contributed by atoms with Gasteiger partial charge >= 0.3 is 0 Å². The summed E-state index contributed by atoms with van der Waals surface area (Å²) < 4.78 is 1.95. The van der Waals surface area contributed by atoms with Crippen LogP contribution in [0, 0.1) is 12.3 Å². The zero-order valence-electron chi connectivity index (χ0n) is 15.0.